The van der Waals surface area contributed by atoms with E-state index in [0.29, 0.717) is 23.9 Å². The predicted molar refractivity (Wildman–Crippen MR) is 65.3 cm³/mol. The number of halogens is 1. The van der Waals surface area contributed by atoms with E-state index in [1.165, 1.54) is 0 Å². The summed E-state index contributed by atoms with van der Waals surface area (Å²) in [5, 5.41) is 3.66. The van der Waals surface area contributed by atoms with Crippen LogP contribution in [-0.4, -0.2) is 42.8 Å². The Morgan fingerprint density at radius 1 is 1.12 bits per heavy atom. The van der Waals surface area contributed by atoms with Crippen LogP contribution in [-0.2, 0) is 0 Å². The van der Waals surface area contributed by atoms with Gasteiger partial charge < -0.3 is 10.2 Å². The molecule has 0 aliphatic heterocycles. The summed E-state index contributed by atoms with van der Waals surface area (Å²) in [6, 6.07) is 0.929. The fourth-order valence-corrected chi connectivity index (χ4v) is 3.18. The van der Waals surface area contributed by atoms with E-state index < -0.39 is 6.17 Å². The highest BCUT2D eigenvalue weighted by Crippen LogP contribution is 2.52. The molecule has 2 rings (SSSR count). The highest BCUT2D eigenvalue weighted by Gasteiger charge is 2.57. The molecule has 5 atom stereocenters. The molecule has 2 aliphatic carbocycles. The standard InChI is InChI=1S/C13H25FN2/c1-13(2,3)15-10-6-8-9(12(8)14)7-11(10)16(4)5/h8-12,15H,6-7H2,1-5H3/t8?,9-,10-,11-,12-/m0/s1. The Morgan fingerprint density at radius 3 is 2.19 bits per heavy atom. The lowest BCUT2D eigenvalue weighted by atomic mass is 9.88. The van der Waals surface area contributed by atoms with Crippen molar-refractivity contribution in [3.05, 3.63) is 0 Å². The maximum Gasteiger partial charge on any atom is 0.107 e. The van der Waals surface area contributed by atoms with Crippen molar-refractivity contribution < 1.29 is 4.39 Å². The van der Waals surface area contributed by atoms with Crippen molar-refractivity contribution in [3.8, 4) is 0 Å². The molecule has 2 aliphatic rings. The van der Waals surface area contributed by atoms with Gasteiger partial charge in [-0.3, -0.25) is 0 Å². The average Bonchev–Trinajstić information content (AvgIpc) is 2.72. The zero-order chi connectivity index (χ0) is 12.1. The topological polar surface area (TPSA) is 15.3 Å². The molecule has 0 aromatic carbocycles. The lowest BCUT2D eigenvalue weighted by molar-refractivity contribution is 0.150. The van der Waals surface area contributed by atoms with Gasteiger partial charge >= 0.3 is 0 Å². The highest BCUT2D eigenvalue weighted by molar-refractivity contribution is 5.08. The van der Waals surface area contributed by atoms with Crippen LogP contribution in [0.5, 0.6) is 0 Å². The number of hydrogen-bond donors (Lipinski definition) is 1. The SMILES string of the molecule is CN(C)[C@H]1C[C@H]2C(C[C@@H]1NC(C)(C)C)[C@@H]2F. The predicted octanol–water partition coefficient (Wildman–Crippen LogP) is 2.05. The third kappa shape index (κ3) is 2.40. The van der Waals surface area contributed by atoms with Gasteiger partial charge in [-0.2, -0.15) is 0 Å². The molecule has 2 fully saturated rings. The van der Waals surface area contributed by atoms with E-state index in [4.69, 9.17) is 0 Å². The summed E-state index contributed by atoms with van der Waals surface area (Å²) in [6.07, 6.45) is 1.51. The minimum atomic E-state index is -0.519. The summed E-state index contributed by atoms with van der Waals surface area (Å²) in [6.45, 7) is 6.56. The van der Waals surface area contributed by atoms with Crippen molar-refractivity contribution in [1.82, 2.24) is 10.2 Å². The third-order valence-electron chi connectivity index (χ3n) is 4.01. The van der Waals surface area contributed by atoms with E-state index in [-0.39, 0.29) is 5.54 Å². The minimum Gasteiger partial charge on any atom is -0.308 e. The molecule has 0 heterocycles. The number of nitrogens with one attached hydrogen (secondary N) is 1. The van der Waals surface area contributed by atoms with Crippen LogP contribution in [0.15, 0.2) is 0 Å². The zero-order valence-electron chi connectivity index (χ0n) is 11.1. The van der Waals surface area contributed by atoms with E-state index >= 15 is 0 Å². The molecule has 1 N–H and O–H groups in total. The number of rotatable bonds is 2. The van der Waals surface area contributed by atoms with Gasteiger partial charge in [0.2, 0.25) is 0 Å². The van der Waals surface area contributed by atoms with Crippen LogP contribution >= 0.6 is 0 Å². The van der Waals surface area contributed by atoms with Crippen LogP contribution in [0, 0.1) is 11.8 Å². The lowest BCUT2D eigenvalue weighted by Gasteiger charge is -2.40. The molecular weight excluding hydrogens is 203 g/mol. The average molecular weight is 228 g/mol. The van der Waals surface area contributed by atoms with Gasteiger partial charge in [-0.15, -0.1) is 0 Å². The van der Waals surface area contributed by atoms with Crippen molar-refractivity contribution in [1.29, 1.82) is 0 Å². The molecule has 2 saturated carbocycles. The summed E-state index contributed by atoms with van der Waals surface area (Å²) in [5.74, 6) is 0.696. The van der Waals surface area contributed by atoms with Crippen molar-refractivity contribution in [2.75, 3.05) is 14.1 Å². The zero-order valence-corrected chi connectivity index (χ0v) is 11.1. The first kappa shape index (κ1) is 12.3. The number of likely N-dealkylation sites (N-methyl/N-ethyl adjacent to an activating group) is 1. The maximum atomic E-state index is 13.5. The Morgan fingerprint density at radius 2 is 1.69 bits per heavy atom. The molecule has 0 saturated heterocycles. The molecule has 1 unspecified atom stereocenters. The Hall–Kier alpha value is -0.150. The van der Waals surface area contributed by atoms with Crippen LogP contribution in [0.25, 0.3) is 0 Å². The fraction of sp³-hybridized carbons (Fsp3) is 1.00. The second-order valence-electron chi connectivity index (χ2n) is 6.78. The fourth-order valence-electron chi connectivity index (χ4n) is 3.18. The van der Waals surface area contributed by atoms with E-state index in [1.807, 2.05) is 0 Å². The summed E-state index contributed by atoms with van der Waals surface area (Å²) < 4.78 is 13.5. The highest BCUT2D eigenvalue weighted by atomic mass is 19.1. The number of hydrogen-bond acceptors (Lipinski definition) is 2. The van der Waals surface area contributed by atoms with E-state index in [1.54, 1.807) is 0 Å². The van der Waals surface area contributed by atoms with Gasteiger partial charge in [-0.05, 0) is 59.5 Å². The molecule has 0 amide bonds. The number of alkyl halides is 1. The third-order valence-corrected chi connectivity index (χ3v) is 4.01. The first-order chi connectivity index (χ1) is 7.29. The summed E-state index contributed by atoms with van der Waals surface area (Å²) in [4.78, 5) is 2.25. The smallest absolute Gasteiger partial charge is 0.107 e. The molecule has 2 nitrogen and oxygen atoms in total. The Bertz CT molecular complexity index is 259. The monoisotopic (exact) mass is 228 g/mol. The van der Waals surface area contributed by atoms with Gasteiger partial charge in [0.25, 0.3) is 0 Å². The van der Waals surface area contributed by atoms with E-state index in [2.05, 4.69) is 45.1 Å². The van der Waals surface area contributed by atoms with Gasteiger partial charge in [-0.25, -0.2) is 4.39 Å². The van der Waals surface area contributed by atoms with Gasteiger partial charge in [0, 0.05) is 17.6 Å². The first-order valence-electron chi connectivity index (χ1n) is 6.38. The molecule has 0 bridgehead atoms. The van der Waals surface area contributed by atoms with Crippen molar-refractivity contribution >= 4 is 0 Å². The molecular formula is C13H25FN2. The number of fused-ring (bicyclic) bond motifs is 1. The second-order valence-corrected chi connectivity index (χ2v) is 6.78. The minimum absolute atomic E-state index is 0.118. The van der Waals surface area contributed by atoms with Crippen LogP contribution in [0.3, 0.4) is 0 Å². The largest absolute Gasteiger partial charge is 0.308 e. The molecule has 0 aromatic heterocycles. The van der Waals surface area contributed by atoms with Gasteiger partial charge in [0.1, 0.15) is 6.17 Å². The molecule has 16 heavy (non-hydrogen) atoms. The molecule has 3 heteroatoms. The van der Waals surface area contributed by atoms with Crippen LogP contribution in [0.4, 0.5) is 4.39 Å². The van der Waals surface area contributed by atoms with Crippen molar-refractivity contribution in [2.24, 2.45) is 11.8 Å². The van der Waals surface area contributed by atoms with Gasteiger partial charge in [0.05, 0.1) is 0 Å². The second kappa shape index (κ2) is 3.95. The Balaban J connectivity index is 2.02. The number of nitrogens with zero attached hydrogens (tertiary/aromatic N) is 1. The quantitative estimate of drug-likeness (QED) is 0.778. The van der Waals surface area contributed by atoms with E-state index in [9.17, 15) is 4.39 Å². The lowest BCUT2D eigenvalue weighted by Crippen LogP contribution is -2.55. The summed E-state index contributed by atoms with van der Waals surface area (Å²) in [7, 11) is 4.22. The van der Waals surface area contributed by atoms with Gasteiger partial charge in [0.15, 0.2) is 0 Å². The van der Waals surface area contributed by atoms with Gasteiger partial charge in [-0.1, -0.05) is 0 Å². The first-order valence-corrected chi connectivity index (χ1v) is 6.38. The van der Waals surface area contributed by atoms with Crippen LogP contribution in [0.2, 0.25) is 0 Å². The molecule has 94 valence electrons. The van der Waals surface area contributed by atoms with E-state index in [0.717, 1.165) is 12.8 Å². The Labute approximate surface area is 98.6 Å². The molecule has 0 spiro atoms. The molecule has 0 radical (unpaired) electrons. The van der Waals surface area contributed by atoms with Crippen molar-refractivity contribution in [2.45, 2.75) is 57.4 Å². The normalized spacial score (nSPS) is 43.3. The summed E-state index contributed by atoms with van der Waals surface area (Å²) in [5.41, 5.74) is 0.118. The maximum absolute atomic E-state index is 13.5. The Kier molecular flexibility index (Phi) is 3.04. The van der Waals surface area contributed by atoms with Crippen molar-refractivity contribution in [3.63, 3.8) is 0 Å². The summed E-state index contributed by atoms with van der Waals surface area (Å²) >= 11 is 0. The molecule has 0 aromatic rings. The van der Waals surface area contributed by atoms with Crippen LogP contribution < -0.4 is 5.32 Å². The van der Waals surface area contributed by atoms with Crippen LogP contribution in [0.1, 0.15) is 33.6 Å².